The molecule has 1 aliphatic carbocycles. The van der Waals surface area contributed by atoms with Gasteiger partial charge in [0.1, 0.15) is 0 Å². The Morgan fingerprint density at radius 2 is 2.38 bits per heavy atom. The molecule has 2 aliphatic rings. The van der Waals surface area contributed by atoms with Crippen LogP contribution in [0, 0.1) is 5.92 Å². The second-order valence-corrected chi connectivity index (χ2v) is 5.34. The van der Waals surface area contributed by atoms with Crippen molar-refractivity contribution in [1.82, 2.24) is 15.3 Å². The van der Waals surface area contributed by atoms with Crippen LogP contribution in [0.25, 0.3) is 0 Å². The molecule has 0 amide bonds. The molecule has 3 rings (SSSR count). The molecule has 0 bridgehead atoms. The van der Waals surface area contributed by atoms with Gasteiger partial charge in [0.2, 0.25) is 0 Å². The Morgan fingerprint density at radius 1 is 1.56 bits per heavy atom. The number of aromatic amines is 1. The Kier molecular flexibility index (Phi) is 1.98. The van der Waals surface area contributed by atoms with Crippen LogP contribution in [0.15, 0.2) is 11.1 Å². The maximum Gasteiger partial charge on any atom is 0.254 e. The zero-order chi connectivity index (χ0) is 11.3. The molecular formula is C12H17N3O. The van der Waals surface area contributed by atoms with Crippen molar-refractivity contribution in [2.45, 2.75) is 31.6 Å². The highest BCUT2D eigenvalue weighted by molar-refractivity contribution is 5.37. The van der Waals surface area contributed by atoms with Crippen LogP contribution < -0.4 is 10.9 Å². The Hall–Kier alpha value is -1.16. The van der Waals surface area contributed by atoms with Crippen LogP contribution in [-0.2, 0) is 5.41 Å². The van der Waals surface area contributed by atoms with Crippen LogP contribution in [0.2, 0.25) is 0 Å². The number of H-pyrrole nitrogens is 1. The maximum absolute atomic E-state index is 11.9. The summed E-state index contributed by atoms with van der Waals surface area (Å²) < 4.78 is 0. The lowest BCUT2D eigenvalue weighted by Gasteiger charge is -2.16. The van der Waals surface area contributed by atoms with Gasteiger partial charge in [-0.3, -0.25) is 4.79 Å². The van der Waals surface area contributed by atoms with E-state index in [0.717, 1.165) is 24.3 Å². The summed E-state index contributed by atoms with van der Waals surface area (Å²) in [7, 11) is 0. The second-order valence-electron chi connectivity index (χ2n) is 5.34. The van der Waals surface area contributed by atoms with E-state index < -0.39 is 0 Å². The van der Waals surface area contributed by atoms with Gasteiger partial charge in [0.15, 0.2) is 0 Å². The Morgan fingerprint density at radius 3 is 2.94 bits per heavy atom. The molecule has 0 radical (unpaired) electrons. The molecule has 1 saturated heterocycles. The zero-order valence-corrected chi connectivity index (χ0v) is 9.71. The molecule has 2 heterocycles. The molecule has 2 fully saturated rings. The molecule has 2 N–H and O–H groups in total. The zero-order valence-electron chi connectivity index (χ0n) is 9.71. The minimum absolute atomic E-state index is 0.0342. The maximum atomic E-state index is 11.9. The summed E-state index contributed by atoms with van der Waals surface area (Å²) >= 11 is 0. The molecule has 2 atom stereocenters. The van der Waals surface area contributed by atoms with Crippen LogP contribution >= 0.6 is 0 Å². The summed E-state index contributed by atoms with van der Waals surface area (Å²) in [5, 5.41) is 3.39. The van der Waals surface area contributed by atoms with Crippen molar-refractivity contribution in [3.05, 3.63) is 27.9 Å². The lowest BCUT2D eigenvalue weighted by molar-refractivity contribution is 0.631. The highest BCUT2D eigenvalue weighted by Gasteiger charge is 2.60. The summed E-state index contributed by atoms with van der Waals surface area (Å²) in [6.07, 6.45) is 2.74. The average Bonchev–Trinajstić information content (AvgIpc) is 2.81. The fourth-order valence-corrected chi connectivity index (χ4v) is 3.05. The first-order valence-electron chi connectivity index (χ1n) is 5.94. The molecule has 4 nitrogen and oxygen atoms in total. The number of aromatic nitrogens is 2. The van der Waals surface area contributed by atoms with Gasteiger partial charge in [-0.2, -0.15) is 0 Å². The van der Waals surface area contributed by atoms with Gasteiger partial charge < -0.3 is 10.3 Å². The second kappa shape index (κ2) is 3.17. The normalized spacial score (nSPS) is 31.8. The Bertz CT molecular complexity index is 479. The minimum Gasteiger partial charge on any atom is -0.315 e. The molecule has 0 spiro atoms. The Labute approximate surface area is 94.5 Å². The highest BCUT2D eigenvalue weighted by Crippen LogP contribution is 2.56. The number of hydrogen-bond donors (Lipinski definition) is 2. The first-order chi connectivity index (χ1) is 7.65. The smallest absolute Gasteiger partial charge is 0.254 e. The molecule has 16 heavy (non-hydrogen) atoms. The SMILES string of the molecule is CC(C)c1c(C23CNCC2C3)nc[nH]c1=O. The predicted molar refractivity (Wildman–Crippen MR) is 61.6 cm³/mol. The molecule has 1 aliphatic heterocycles. The van der Waals surface area contributed by atoms with E-state index in [2.05, 4.69) is 29.1 Å². The van der Waals surface area contributed by atoms with Crippen molar-refractivity contribution in [2.24, 2.45) is 5.92 Å². The summed E-state index contributed by atoms with van der Waals surface area (Å²) in [5.74, 6) is 0.933. The van der Waals surface area contributed by atoms with Crippen LogP contribution in [-0.4, -0.2) is 23.1 Å². The third-order valence-corrected chi connectivity index (χ3v) is 4.00. The van der Waals surface area contributed by atoms with Gasteiger partial charge in [-0.1, -0.05) is 13.8 Å². The topological polar surface area (TPSA) is 57.8 Å². The molecule has 4 heteroatoms. The quantitative estimate of drug-likeness (QED) is 0.772. The number of hydrogen-bond acceptors (Lipinski definition) is 3. The van der Waals surface area contributed by atoms with Crippen molar-refractivity contribution in [2.75, 3.05) is 13.1 Å². The van der Waals surface area contributed by atoms with E-state index in [1.54, 1.807) is 6.33 Å². The van der Waals surface area contributed by atoms with Gasteiger partial charge >= 0.3 is 0 Å². The van der Waals surface area contributed by atoms with Gasteiger partial charge in [-0.05, 0) is 24.8 Å². The fraction of sp³-hybridized carbons (Fsp3) is 0.667. The number of nitrogens with zero attached hydrogens (tertiary/aromatic N) is 1. The van der Waals surface area contributed by atoms with Crippen molar-refractivity contribution >= 4 is 0 Å². The van der Waals surface area contributed by atoms with Gasteiger partial charge in [-0.25, -0.2) is 4.98 Å². The third kappa shape index (κ3) is 1.19. The number of piperidine rings is 1. The standard InChI is InChI=1S/C12H17N3O/c1-7(2)9-10(14-6-15-11(9)16)12-3-8(12)4-13-5-12/h6-8,13H,3-5H2,1-2H3,(H,14,15,16). The molecule has 2 unspecified atom stereocenters. The van der Waals surface area contributed by atoms with Crippen LogP contribution in [0.3, 0.4) is 0 Å². The lowest BCUT2D eigenvalue weighted by Crippen LogP contribution is -2.27. The largest absolute Gasteiger partial charge is 0.315 e. The fourth-order valence-electron chi connectivity index (χ4n) is 3.05. The molecular weight excluding hydrogens is 202 g/mol. The van der Waals surface area contributed by atoms with E-state index in [1.807, 2.05) is 0 Å². The molecule has 1 aromatic heterocycles. The van der Waals surface area contributed by atoms with Crippen molar-refractivity contribution in [3.63, 3.8) is 0 Å². The molecule has 0 aromatic carbocycles. The molecule has 86 valence electrons. The van der Waals surface area contributed by atoms with E-state index in [0.29, 0.717) is 5.92 Å². The van der Waals surface area contributed by atoms with Crippen molar-refractivity contribution in [3.8, 4) is 0 Å². The summed E-state index contributed by atoms with van der Waals surface area (Å²) in [5.41, 5.74) is 2.13. The highest BCUT2D eigenvalue weighted by atomic mass is 16.1. The summed E-state index contributed by atoms with van der Waals surface area (Å²) in [6, 6.07) is 0. The monoisotopic (exact) mass is 219 g/mol. The van der Waals surface area contributed by atoms with Gasteiger partial charge in [0.25, 0.3) is 5.56 Å². The van der Waals surface area contributed by atoms with Crippen LogP contribution in [0.1, 0.15) is 37.4 Å². The number of fused-ring (bicyclic) bond motifs is 1. The number of nitrogens with one attached hydrogen (secondary N) is 2. The van der Waals surface area contributed by atoms with Gasteiger partial charge in [0.05, 0.1) is 12.0 Å². The van der Waals surface area contributed by atoms with Crippen LogP contribution in [0.4, 0.5) is 0 Å². The van der Waals surface area contributed by atoms with E-state index in [9.17, 15) is 4.79 Å². The summed E-state index contributed by atoms with van der Waals surface area (Å²) in [4.78, 5) is 19.0. The lowest BCUT2D eigenvalue weighted by atomic mass is 9.91. The van der Waals surface area contributed by atoms with Crippen LogP contribution in [0.5, 0.6) is 0 Å². The van der Waals surface area contributed by atoms with Gasteiger partial charge in [0, 0.05) is 17.5 Å². The van der Waals surface area contributed by atoms with E-state index in [-0.39, 0.29) is 16.9 Å². The average molecular weight is 219 g/mol. The molecule has 1 aromatic rings. The number of rotatable bonds is 2. The Balaban J connectivity index is 2.14. The van der Waals surface area contributed by atoms with E-state index >= 15 is 0 Å². The predicted octanol–water partition coefficient (Wildman–Crippen LogP) is 0.754. The molecule has 1 saturated carbocycles. The van der Waals surface area contributed by atoms with Gasteiger partial charge in [-0.15, -0.1) is 0 Å². The minimum atomic E-state index is 0.0342. The first-order valence-corrected chi connectivity index (χ1v) is 5.94. The third-order valence-electron chi connectivity index (χ3n) is 4.00. The first kappa shape index (κ1) is 10.0. The van der Waals surface area contributed by atoms with E-state index in [4.69, 9.17) is 0 Å². The van der Waals surface area contributed by atoms with Crippen molar-refractivity contribution < 1.29 is 0 Å². The summed E-state index contributed by atoms with van der Waals surface area (Å²) in [6.45, 7) is 6.18. The van der Waals surface area contributed by atoms with Crippen molar-refractivity contribution in [1.29, 1.82) is 0 Å². The van der Waals surface area contributed by atoms with E-state index in [1.165, 1.54) is 6.42 Å².